The van der Waals surface area contributed by atoms with Gasteiger partial charge in [-0.15, -0.1) is 22.7 Å². The third-order valence-corrected chi connectivity index (χ3v) is 9.00. The maximum absolute atomic E-state index is 11.1. The Morgan fingerprint density at radius 2 is 1.32 bits per heavy atom. The highest BCUT2D eigenvalue weighted by atomic mass is 79.9. The van der Waals surface area contributed by atoms with E-state index in [2.05, 4.69) is 41.2 Å². The molecule has 0 saturated carbocycles. The number of amides is 2. The van der Waals surface area contributed by atoms with Gasteiger partial charge in [0.05, 0.1) is 16.7 Å². The number of nitrogens with two attached hydrogens (primary N) is 2. The van der Waals surface area contributed by atoms with E-state index < -0.39 is 11.8 Å². The van der Waals surface area contributed by atoms with Crippen LogP contribution in [0.1, 0.15) is 30.7 Å². The summed E-state index contributed by atoms with van der Waals surface area (Å²) < 4.78 is 5.56. The van der Waals surface area contributed by atoms with E-state index in [0.717, 1.165) is 48.9 Å². The summed E-state index contributed by atoms with van der Waals surface area (Å²) in [5.74, 6) is -0.771. The first-order chi connectivity index (χ1) is 22.6. The highest BCUT2D eigenvalue weighted by Gasteiger charge is 2.08. The summed E-state index contributed by atoms with van der Waals surface area (Å²) in [6.45, 7) is 0.271. The smallest absolute Gasteiger partial charge is 0.248 e. The van der Waals surface area contributed by atoms with Crippen molar-refractivity contribution in [2.75, 3.05) is 0 Å². The van der Waals surface area contributed by atoms with Crippen molar-refractivity contribution in [2.24, 2.45) is 11.5 Å². The molecule has 47 heavy (non-hydrogen) atoms. The minimum Gasteiger partial charge on any atom is -0.470 e. The first-order valence-electron chi connectivity index (χ1n) is 13.4. The van der Waals surface area contributed by atoms with Gasteiger partial charge in [-0.25, -0.2) is 15.0 Å². The zero-order valence-electron chi connectivity index (χ0n) is 24.2. The third kappa shape index (κ3) is 11.1. The van der Waals surface area contributed by atoms with E-state index in [4.69, 9.17) is 39.4 Å². The predicted molar refractivity (Wildman–Crippen MR) is 190 cm³/mol. The Morgan fingerprint density at radius 3 is 1.81 bits per heavy atom. The molecule has 4 heterocycles. The lowest BCUT2D eigenvalue weighted by atomic mass is 10.2. The Labute approximate surface area is 295 Å². The van der Waals surface area contributed by atoms with E-state index in [1.165, 1.54) is 41.9 Å². The second-order valence-electron chi connectivity index (χ2n) is 9.24. The number of alkyl halides is 1. The Balaban J connectivity index is 0.000000177. The predicted octanol–water partition coefficient (Wildman–Crippen LogP) is 7.37. The molecule has 0 radical (unpaired) electrons. The van der Waals surface area contributed by atoms with Gasteiger partial charge in [-0.05, 0) is 36.4 Å². The van der Waals surface area contributed by atoms with Crippen molar-refractivity contribution in [3.63, 3.8) is 0 Å². The molecule has 6 rings (SSSR count). The summed E-state index contributed by atoms with van der Waals surface area (Å²) in [6.07, 6.45) is 2.86. The second kappa shape index (κ2) is 17.5. The minimum atomic E-state index is -0.592. The van der Waals surface area contributed by atoms with E-state index in [1.807, 2.05) is 53.9 Å². The number of benzene rings is 2. The number of hydrogen-bond donors (Lipinski definition) is 3. The lowest BCUT2D eigenvalue weighted by molar-refractivity contribution is 0.0991. The number of ether oxygens (including phenoxy) is 1. The maximum Gasteiger partial charge on any atom is 0.248 e. The molecule has 240 valence electrons. The quantitative estimate of drug-likeness (QED) is 0.136. The summed E-state index contributed by atoms with van der Waals surface area (Å²) in [5.41, 5.74) is 14.4. The van der Waals surface area contributed by atoms with E-state index >= 15 is 0 Å². The molecule has 6 aromatic rings. The molecule has 0 fully saturated rings. The van der Waals surface area contributed by atoms with Crippen LogP contribution in [0.2, 0.25) is 10.0 Å². The number of primary amides is 2. The highest BCUT2D eigenvalue weighted by Crippen LogP contribution is 2.25. The number of rotatable bonds is 8. The molecular formula is C32H25BrCl2N6O4S2. The van der Waals surface area contributed by atoms with Crippen molar-refractivity contribution >= 4 is 73.6 Å². The molecule has 5 N–H and O–H groups in total. The van der Waals surface area contributed by atoms with Crippen LogP contribution < -0.4 is 21.8 Å². The van der Waals surface area contributed by atoms with Gasteiger partial charge in [-0.2, -0.15) is 0 Å². The van der Waals surface area contributed by atoms with Crippen LogP contribution in [-0.2, 0) is 11.9 Å². The molecule has 0 bridgehead atoms. The first-order valence-corrected chi connectivity index (χ1v) is 17.1. The average Bonchev–Trinajstić information content (AvgIpc) is 3.76. The molecule has 0 unspecified atom stereocenters. The largest absolute Gasteiger partial charge is 0.470 e. The molecule has 0 aliphatic carbocycles. The molecule has 4 aromatic heterocycles. The zero-order chi connectivity index (χ0) is 33.8. The summed E-state index contributed by atoms with van der Waals surface area (Å²) in [6, 6.07) is 20.9. The van der Waals surface area contributed by atoms with Gasteiger partial charge in [0.1, 0.15) is 16.6 Å². The Morgan fingerprint density at radius 1 is 0.787 bits per heavy atom. The lowest BCUT2D eigenvalue weighted by Crippen LogP contribution is -2.14. The van der Waals surface area contributed by atoms with Crippen LogP contribution in [0.4, 0.5) is 0 Å². The monoisotopic (exact) mass is 770 g/mol. The van der Waals surface area contributed by atoms with E-state index in [1.54, 1.807) is 11.3 Å². The number of nitrogens with zero attached hydrogens (tertiary/aromatic N) is 3. The maximum atomic E-state index is 11.1. The van der Waals surface area contributed by atoms with Crippen molar-refractivity contribution in [1.29, 1.82) is 0 Å². The van der Waals surface area contributed by atoms with Crippen LogP contribution in [-0.4, -0.2) is 31.8 Å². The molecule has 0 saturated heterocycles. The fourth-order valence-electron chi connectivity index (χ4n) is 3.63. The Bertz CT molecular complexity index is 2000. The number of thiazole rings is 2. The van der Waals surface area contributed by atoms with Crippen LogP contribution >= 0.6 is 61.8 Å². The minimum absolute atomic E-state index is 0.226. The number of pyridine rings is 2. The van der Waals surface area contributed by atoms with E-state index in [9.17, 15) is 14.4 Å². The van der Waals surface area contributed by atoms with Gasteiger partial charge in [-0.3, -0.25) is 14.4 Å². The van der Waals surface area contributed by atoms with Gasteiger partial charge < -0.3 is 21.2 Å². The highest BCUT2D eigenvalue weighted by molar-refractivity contribution is 9.08. The molecule has 0 spiro atoms. The van der Waals surface area contributed by atoms with Crippen molar-refractivity contribution in [3.05, 3.63) is 137 Å². The first kappa shape index (κ1) is 35.5. The topological polar surface area (TPSA) is 167 Å². The molecule has 10 nitrogen and oxygen atoms in total. The van der Waals surface area contributed by atoms with Crippen molar-refractivity contribution in [1.82, 2.24) is 19.9 Å². The molecule has 0 aliphatic rings. The fraction of sp³-hybridized carbons (Fsp3) is 0.0625. The van der Waals surface area contributed by atoms with E-state index in [-0.39, 0.29) is 17.7 Å². The molecule has 2 amide bonds. The normalized spacial score (nSPS) is 10.2. The second-order valence-corrected chi connectivity index (χ2v) is 12.6. The van der Waals surface area contributed by atoms with Gasteiger partial charge in [0.15, 0.2) is 0 Å². The number of H-pyrrole nitrogens is 1. The van der Waals surface area contributed by atoms with Gasteiger partial charge in [-0.1, -0.05) is 63.4 Å². The van der Waals surface area contributed by atoms with Crippen LogP contribution in [0.15, 0.2) is 101 Å². The Kier molecular flexibility index (Phi) is 13.2. The van der Waals surface area contributed by atoms with Gasteiger partial charge in [0, 0.05) is 67.6 Å². The van der Waals surface area contributed by atoms with Gasteiger partial charge in [0.2, 0.25) is 23.3 Å². The molecule has 15 heteroatoms. The summed E-state index contributed by atoms with van der Waals surface area (Å²) in [7, 11) is 0. The van der Waals surface area contributed by atoms with Crippen LogP contribution in [0.25, 0.3) is 22.5 Å². The van der Waals surface area contributed by atoms with Crippen LogP contribution in [0.3, 0.4) is 0 Å². The number of carbonyl (C=O) groups excluding carboxylic acids is 2. The van der Waals surface area contributed by atoms with Crippen LogP contribution in [0.5, 0.6) is 5.88 Å². The van der Waals surface area contributed by atoms with Gasteiger partial charge >= 0.3 is 0 Å². The number of aromatic amines is 1. The lowest BCUT2D eigenvalue weighted by Gasteiger charge is -2.03. The standard InChI is InChI=1S/C16H12ClN3O2S.C10H7BrClNS.C6H6N2O2/c17-12-3-1-10(2-4-12)13-9-23-15(20-13)8-22-14-7-11(16(18)21)5-6-19-14;11-5-10-13-9(6-14-10)7-1-3-8(12)4-2-7;7-6(10)4-1-2-8-5(9)3-4/h1-7,9H,8H2,(H2,18,21);1-4,6H,5H2;1-3H,(H2,7,10)(H,8,9). The number of aromatic nitrogens is 4. The average molecular weight is 773 g/mol. The van der Waals surface area contributed by atoms with Crippen molar-refractivity contribution in [3.8, 4) is 28.4 Å². The molecular weight excluding hydrogens is 747 g/mol. The Hall–Kier alpha value is -4.40. The van der Waals surface area contributed by atoms with Crippen molar-refractivity contribution < 1.29 is 14.3 Å². The SMILES string of the molecule is Clc1ccc(-c2csc(CBr)n2)cc1.NC(=O)c1cc[nH]c(=O)c1.NC(=O)c1ccnc(OCc2nc(-c3ccc(Cl)cc3)cs2)c1. The third-order valence-electron chi connectivity index (χ3n) is 5.92. The fourth-order valence-corrected chi connectivity index (χ4v) is 5.77. The number of halogens is 3. The molecule has 2 aromatic carbocycles. The van der Waals surface area contributed by atoms with Crippen LogP contribution in [0, 0.1) is 0 Å². The molecule has 0 aliphatic heterocycles. The van der Waals surface area contributed by atoms with Gasteiger partial charge in [0.25, 0.3) is 0 Å². The number of nitrogens with one attached hydrogen (secondary N) is 1. The summed E-state index contributed by atoms with van der Waals surface area (Å²) in [5, 5.41) is 8.16. The van der Waals surface area contributed by atoms with E-state index in [0.29, 0.717) is 16.5 Å². The van der Waals surface area contributed by atoms with Crippen molar-refractivity contribution in [2.45, 2.75) is 11.9 Å². The number of hydrogen-bond acceptors (Lipinski definition) is 9. The summed E-state index contributed by atoms with van der Waals surface area (Å²) >= 11 is 18.2. The summed E-state index contributed by atoms with van der Waals surface area (Å²) in [4.78, 5) is 47.5. The number of carbonyl (C=O) groups is 2. The zero-order valence-corrected chi connectivity index (χ0v) is 29.0. The molecule has 0 atom stereocenters.